The molecule has 0 saturated carbocycles. The van der Waals surface area contributed by atoms with Crippen LogP contribution < -0.4 is 11.1 Å². The lowest BCUT2D eigenvalue weighted by Crippen LogP contribution is -2.38. The van der Waals surface area contributed by atoms with Crippen LogP contribution in [-0.4, -0.2) is 43.5 Å². The number of carbonyl (C=O) groups is 1. The fourth-order valence-corrected chi connectivity index (χ4v) is 1.98. The predicted octanol–water partition coefficient (Wildman–Crippen LogP) is 0.183. The maximum Gasteiger partial charge on any atom is 0.221 e. The van der Waals surface area contributed by atoms with Crippen LogP contribution in [0.25, 0.3) is 0 Å². The van der Waals surface area contributed by atoms with E-state index < -0.39 is 0 Å². The van der Waals surface area contributed by atoms with Crippen molar-refractivity contribution in [2.24, 2.45) is 11.7 Å². The number of hydrogen-bond donors (Lipinski definition) is 2. The summed E-state index contributed by atoms with van der Waals surface area (Å²) in [6.45, 7) is 6.97. The maximum absolute atomic E-state index is 11.2. The summed E-state index contributed by atoms with van der Waals surface area (Å²) in [6.07, 6.45) is 2.86. The van der Waals surface area contributed by atoms with E-state index in [-0.39, 0.29) is 5.91 Å². The van der Waals surface area contributed by atoms with Crippen molar-refractivity contribution in [3.63, 3.8) is 0 Å². The van der Waals surface area contributed by atoms with Crippen molar-refractivity contribution in [1.82, 2.24) is 10.2 Å². The molecule has 0 unspecified atom stereocenters. The van der Waals surface area contributed by atoms with E-state index in [1.54, 1.807) is 0 Å². The van der Waals surface area contributed by atoms with Crippen molar-refractivity contribution < 1.29 is 4.79 Å². The van der Waals surface area contributed by atoms with Crippen LogP contribution in [0.3, 0.4) is 0 Å². The Morgan fingerprint density at radius 1 is 1.47 bits per heavy atom. The van der Waals surface area contributed by atoms with E-state index in [9.17, 15) is 4.79 Å². The first kappa shape index (κ1) is 12.5. The van der Waals surface area contributed by atoms with Crippen LogP contribution in [0.5, 0.6) is 0 Å². The molecule has 4 nitrogen and oxygen atoms in total. The standard InChI is InChI=1S/C11H23N3O/c1-2-14-7-4-10(5-8-14)9-13-11(15)3-6-12/h10H,2-9,12H2,1H3,(H,13,15). The molecule has 0 aliphatic carbocycles. The molecule has 0 radical (unpaired) electrons. The molecule has 0 atom stereocenters. The van der Waals surface area contributed by atoms with E-state index >= 15 is 0 Å². The van der Waals surface area contributed by atoms with Crippen LogP contribution in [0.4, 0.5) is 0 Å². The van der Waals surface area contributed by atoms with E-state index in [0.29, 0.717) is 18.9 Å². The molecule has 0 aromatic rings. The Bertz CT molecular complexity index is 188. The molecule has 1 aliphatic heterocycles. The lowest BCUT2D eigenvalue weighted by molar-refractivity contribution is -0.121. The van der Waals surface area contributed by atoms with Gasteiger partial charge in [-0.1, -0.05) is 6.92 Å². The molecule has 4 heteroatoms. The van der Waals surface area contributed by atoms with E-state index in [2.05, 4.69) is 17.1 Å². The third-order valence-electron chi connectivity index (χ3n) is 3.11. The molecule has 0 bridgehead atoms. The van der Waals surface area contributed by atoms with Crippen molar-refractivity contribution in [2.45, 2.75) is 26.2 Å². The van der Waals surface area contributed by atoms with Crippen LogP contribution in [-0.2, 0) is 4.79 Å². The molecule has 1 aliphatic rings. The van der Waals surface area contributed by atoms with Gasteiger partial charge in [-0.25, -0.2) is 0 Å². The largest absolute Gasteiger partial charge is 0.356 e. The monoisotopic (exact) mass is 213 g/mol. The highest BCUT2D eigenvalue weighted by molar-refractivity contribution is 5.75. The number of amides is 1. The quantitative estimate of drug-likeness (QED) is 0.685. The molecular weight excluding hydrogens is 190 g/mol. The zero-order valence-electron chi connectivity index (χ0n) is 9.67. The van der Waals surface area contributed by atoms with Gasteiger partial charge in [0.25, 0.3) is 0 Å². The van der Waals surface area contributed by atoms with Crippen LogP contribution in [0, 0.1) is 5.92 Å². The minimum Gasteiger partial charge on any atom is -0.356 e. The highest BCUT2D eigenvalue weighted by atomic mass is 16.1. The molecule has 1 heterocycles. The summed E-state index contributed by atoms with van der Waals surface area (Å²) < 4.78 is 0. The Labute approximate surface area is 92.2 Å². The Hall–Kier alpha value is -0.610. The highest BCUT2D eigenvalue weighted by Gasteiger charge is 2.18. The SMILES string of the molecule is CCN1CCC(CNC(=O)CCN)CC1. The fourth-order valence-electron chi connectivity index (χ4n) is 1.98. The number of hydrogen-bond acceptors (Lipinski definition) is 3. The van der Waals surface area contributed by atoms with Crippen LogP contribution in [0.1, 0.15) is 26.2 Å². The summed E-state index contributed by atoms with van der Waals surface area (Å²) in [7, 11) is 0. The van der Waals surface area contributed by atoms with Gasteiger partial charge < -0.3 is 16.0 Å². The molecular formula is C11H23N3O. The zero-order chi connectivity index (χ0) is 11.1. The molecule has 1 rings (SSSR count). The van der Waals surface area contributed by atoms with Gasteiger partial charge in [-0.05, 0) is 38.4 Å². The van der Waals surface area contributed by atoms with Crippen LogP contribution >= 0.6 is 0 Å². The second kappa shape index (κ2) is 6.80. The molecule has 0 aromatic heterocycles. The van der Waals surface area contributed by atoms with Crippen molar-refractivity contribution in [3.05, 3.63) is 0 Å². The Balaban J connectivity index is 2.10. The number of piperidine rings is 1. The fraction of sp³-hybridized carbons (Fsp3) is 0.909. The first-order valence-corrected chi connectivity index (χ1v) is 5.95. The van der Waals surface area contributed by atoms with Gasteiger partial charge >= 0.3 is 0 Å². The second-order valence-electron chi connectivity index (χ2n) is 4.22. The lowest BCUT2D eigenvalue weighted by Gasteiger charge is -2.31. The van der Waals surface area contributed by atoms with Crippen LogP contribution in [0.15, 0.2) is 0 Å². The van der Waals surface area contributed by atoms with Gasteiger partial charge in [0, 0.05) is 19.5 Å². The second-order valence-corrected chi connectivity index (χ2v) is 4.22. The summed E-state index contributed by atoms with van der Waals surface area (Å²) in [5.41, 5.74) is 5.31. The lowest BCUT2D eigenvalue weighted by atomic mass is 9.97. The summed E-state index contributed by atoms with van der Waals surface area (Å²) in [5, 5.41) is 2.95. The highest BCUT2D eigenvalue weighted by Crippen LogP contribution is 2.15. The first-order chi connectivity index (χ1) is 7.26. The van der Waals surface area contributed by atoms with Crippen LogP contribution in [0.2, 0.25) is 0 Å². The van der Waals surface area contributed by atoms with Gasteiger partial charge in [0.15, 0.2) is 0 Å². The molecule has 88 valence electrons. The Kier molecular flexibility index (Phi) is 5.65. The third kappa shape index (κ3) is 4.62. The molecule has 0 spiro atoms. The average molecular weight is 213 g/mol. The number of rotatable bonds is 5. The Morgan fingerprint density at radius 3 is 2.67 bits per heavy atom. The molecule has 0 aromatic carbocycles. The van der Waals surface area contributed by atoms with Crippen molar-refractivity contribution in [3.8, 4) is 0 Å². The van der Waals surface area contributed by atoms with E-state index in [4.69, 9.17) is 5.73 Å². The van der Waals surface area contributed by atoms with Crippen molar-refractivity contribution in [1.29, 1.82) is 0 Å². The average Bonchev–Trinajstić information content (AvgIpc) is 2.27. The summed E-state index contributed by atoms with van der Waals surface area (Å²) in [4.78, 5) is 13.7. The Morgan fingerprint density at radius 2 is 2.13 bits per heavy atom. The number of nitrogens with zero attached hydrogens (tertiary/aromatic N) is 1. The molecule has 1 fully saturated rings. The van der Waals surface area contributed by atoms with E-state index in [1.165, 1.54) is 25.9 Å². The molecule has 1 amide bonds. The van der Waals surface area contributed by atoms with Gasteiger partial charge in [-0.3, -0.25) is 4.79 Å². The van der Waals surface area contributed by atoms with E-state index in [1.807, 2.05) is 0 Å². The number of carbonyl (C=O) groups excluding carboxylic acids is 1. The van der Waals surface area contributed by atoms with Gasteiger partial charge in [-0.15, -0.1) is 0 Å². The number of likely N-dealkylation sites (tertiary alicyclic amines) is 1. The topological polar surface area (TPSA) is 58.4 Å². The van der Waals surface area contributed by atoms with Gasteiger partial charge in [0.05, 0.1) is 0 Å². The van der Waals surface area contributed by atoms with Gasteiger partial charge in [0.1, 0.15) is 0 Å². The zero-order valence-corrected chi connectivity index (χ0v) is 9.67. The van der Waals surface area contributed by atoms with Gasteiger partial charge in [0.2, 0.25) is 5.91 Å². The molecule has 3 N–H and O–H groups in total. The maximum atomic E-state index is 11.2. The number of nitrogens with two attached hydrogens (primary N) is 1. The minimum atomic E-state index is 0.0930. The summed E-state index contributed by atoms with van der Waals surface area (Å²) >= 11 is 0. The van der Waals surface area contributed by atoms with Crippen molar-refractivity contribution in [2.75, 3.05) is 32.7 Å². The molecule has 15 heavy (non-hydrogen) atoms. The normalized spacial score (nSPS) is 19.1. The number of nitrogens with one attached hydrogen (secondary N) is 1. The van der Waals surface area contributed by atoms with Gasteiger partial charge in [-0.2, -0.15) is 0 Å². The van der Waals surface area contributed by atoms with Crippen molar-refractivity contribution >= 4 is 5.91 Å². The third-order valence-corrected chi connectivity index (χ3v) is 3.11. The smallest absolute Gasteiger partial charge is 0.221 e. The summed E-state index contributed by atoms with van der Waals surface area (Å²) in [5.74, 6) is 0.755. The first-order valence-electron chi connectivity index (χ1n) is 5.95. The van der Waals surface area contributed by atoms with E-state index in [0.717, 1.165) is 13.1 Å². The summed E-state index contributed by atoms with van der Waals surface area (Å²) in [6, 6.07) is 0. The minimum absolute atomic E-state index is 0.0930. The predicted molar refractivity (Wildman–Crippen MR) is 61.5 cm³/mol. The molecule has 1 saturated heterocycles.